The molecule has 6 nitrogen and oxygen atoms in total. The summed E-state index contributed by atoms with van der Waals surface area (Å²) >= 11 is 0. The molecule has 0 rings (SSSR count). The summed E-state index contributed by atoms with van der Waals surface area (Å²) in [5.41, 5.74) is 0. The third-order valence-electron chi connectivity index (χ3n) is 11.6. The molecule has 382 valence electrons. The third kappa shape index (κ3) is 53.2. The number of rotatable bonds is 49. The normalized spacial score (nSPS) is 12.8. The van der Waals surface area contributed by atoms with Crippen LogP contribution >= 0.6 is 0 Å². The first-order valence-electron chi connectivity index (χ1n) is 27.7. The fourth-order valence-electron chi connectivity index (χ4n) is 7.47. The Morgan fingerprint density at radius 2 is 0.627 bits per heavy atom. The smallest absolute Gasteiger partial charge is 0.310 e. The van der Waals surface area contributed by atoms with Gasteiger partial charge in [0.2, 0.25) is 0 Å². The van der Waals surface area contributed by atoms with Crippen molar-refractivity contribution >= 4 is 17.9 Å². The van der Waals surface area contributed by atoms with Gasteiger partial charge in [0.1, 0.15) is 13.2 Å². The highest BCUT2D eigenvalue weighted by Gasteiger charge is 2.19. The molecule has 0 aliphatic heterocycles. The van der Waals surface area contributed by atoms with Gasteiger partial charge in [0.25, 0.3) is 0 Å². The average molecular weight is 931 g/mol. The summed E-state index contributed by atoms with van der Waals surface area (Å²) in [6.45, 7) is 6.42. The predicted molar refractivity (Wildman–Crippen MR) is 288 cm³/mol. The predicted octanol–water partition coefficient (Wildman–Crippen LogP) is 18.5. The molecular formula is C61H102O6. The molecule has 0 spiro atoms. The van der Waals surface area contributed by atoms with Gasteiger partial charge in [-0.15, -0.1) is 0 Å². The largest absolute Gasteiger partial charge is 0.462 e. The molecule has 0 bridgehead atoms. The van der Waals surface area contributed by atoms with Crippen LogP contribution in [-0.4, -0.2) is 37.2 Å². The summed E-state index contributed by atoms with van der Waals surface area (Å²) < 4.78 is 16.7. The molecule has 0 aromatic rings. The van der Waals surface area contributed by atoms with E-state index in [0.717, 1.165) is 96.3 Å². The zero-order chi connectivity index (χ0) is 48.6. The van der Waals surface area contributed by atoms with Gasteiger partial charge >= 0.3 is 17.9 Å². The highest BCUT2D eigenvalue weighted by Crippen LogP contribution is 2.14. The first kappa shape index (κ1) is 63.3. The Morgan fingerprint density at radius 1 is 0.328 bits per heavy atom. The molecule has 0 heterocycles. The molecule has 0 aliphatic rings. The van der Waals surface area contributed by atoms with E-state index in [4.69, 9.17) is 14.2 Å². The van der Waals surface area contributed by atoms with Crippen molar-refractivity contribution in [2.45, 2.75) is 258 Å². The highest BCUT2D eigenvalue weighted by atomic mass is 16.6. The minimum atomic E-state index is -0.836. The second-order valence-corrected chi connectivity index (χ2v) is 18.1. The third-order valence-corrected chi connectivity index (χ3v) is 11.6. The van der Waals surface area contributed by atoms with Crippen molar-refractivity contribution in [2.24, 2.45) is 0 Å². The van der Waals surface area contributed by atoms with Crippen molar-refractivity contribution in [2.75, 3.05) is 13.2 Å². The summed E-state index contributed by atoms with van der Waals surface area (Å²) in [7, 11) is 0. The van der Waals surface area contributed by atoms with E-state index in [2.05, 4.69) is 106 Å². The maximum atomic E-state index is 12.8. The minimum Gasteiger partial charge on any atom is -0.462 e. The van der Waals surface area contributed by atoms with Crippen molar-refractivity contribution in [3.8, 4) is 0 Å². The van der Waals surface area contributed by atoms with Gasteiger partial charge in [0.05, 0.1) is 6.42 Å². The molecule has 0 fully saturated rings. The van der Waals surface area contributed by atoms with E-state index in [-0.39, 0.29) is 31.6 Å². The van der Waals surface area contributed by atoms with Gasteiger partial charge in [-0.2, -0.15) is 0 Å². The number of hydrogen-bond acceptors (Lipinski definition) is 6. The summed E-state index contributed by atoms with van der Waals surface area (Å²) in [5.74, 6) is -1.06. The van der Waals surface area contributed by atoms with Crippen LogP contribution in [0.2, 0.25) is 0 Å². The fourth-order valence-corrected chi connectivity index (χ4v) is 7.47. The number of carbonyl (C=O) groups is 3. The van der Waals surface area contributed by atoms with Crippen LogP contribution in [0.25, 0.3) is 0 Å². The average Bonchev–Trinajstić information content (AvgIpc) is 3.33. The molecule has 1 unspecified atom stereocenters. The van der Waals surface area contributed by atoms with Gasteiger partial charge in [0.15, 0.2) is 6.10 Å². The summed E-state index contributed by atoms with van der Waals surface area (Å²) in [5, 5.41) is 0. The second kappa shape index (κ2) is 54.9. The molecule has 0 aromatic carbocycles. The zero-order valence-corrected chi connectivity index (χ0v) is 43.6. The van der Waals surface area contributed by atoms with Crippen molar-refractivity contribution in [1.29, 1.82) is 0 Å². The Labute approximate surface area is 413 Å². The molecule has 0 saturated carbocycles. The lowest BCUT2D eigenvalue weighted by atomic mass is 10.0. The van der Waals surface area contributed by atoms with Crippen LogP contribution in [0.15, 0.2) is 97.2 Å². The van der Waals surface area contributed by atoms with Gasteiger partial charge in [-0.1, -0.05) is 246 Å². The van der Waals surface area contributed by atoms with Gasteiger partial charge < -0.3 is 14.2 Å². The lowest BCUT2D eigenvalue weighted by Crippen LogP contribution is -2.30. The topological polar surface area (TPSA) is 78.9 Å². The molecule has 0 N–H and O–H groups in total. The first-order valence-corrected chi connectivity index (χ1v) is 27.7. The number of allylic oxidation sites excluding steroid dienone is 15. The monoisotopic (exact) mass is 931 g/mol. The SMILES string of the molecule is CC/C=C\C/C=C\C/C=C\C/C=C\C/C=C\CC(=O)OC(COC(=O)CCCCCCCC/C=C\C/C=C\C/C=C\CCCCCCC)COC(=O)CCCCCCCCCCCCCCC. The van der Waals surface area contributed by atoms with Crippen LogP contribution in [0.4, 0.5) is 0 Å². The highest BCUT2D eigenvalue weighted by molar-refractivity contribution is 5.72. The van der Waals surface area contributed by atoms with Crippen LogP contribution in [0.1, 0.15) is 252 Å². The molecule has 0 saturated heterocycles. The van der Waals surface area contributed by atoms with E-state index in [9.17, 15) is 14.4 Å². The van der Waals surface area contributed by atoms with Gasteiger partial charge in [-0.3, -0.25) is 14.4 Å². The summed E-state index contributed by atoms with van der Waals surface area (Å²) in [6.07, 6.45) is 72.8. The quantitative estimate of drug-likeness (QED) is 0.0262. The van der Waals surface area contributed by atoms with Crippen molar-refractivity contribution in [3.05, 3.63) is 97.2 Å². The number of unbranched alkanes of at least 4 members (excludes halogenated alkanes) is 23. The first-order chi connectivity index (χ1) is 33.0. The van der Waals surface area contributed by atoms with Crippen LogP contribution in [0, 0.1) is 0 Å². The van der Waals surface area contributed by atoms with E-state index in [1.165, 1.54) is 116 Å². The zero-order valence-electron chi connectivity index (χ0n) is 43.6. The van der Waals surface area contributed by atoms with E-state index < -0.39 is 12.1 Å². The van der Waals surface area contributed by atoms with Crippen LogP contribution in [0.5, 0.6) is 0 Å². The van der Waals surface area contributed by atoms with E-state index in [0.29, 0.717) is 12.8 Å². The molecule has 67 heavy (non-hydrogen) atoms. The molecule has 0 radical (unpaired) electrons. The lowest BCUT2D eigenvalue weighted by Gasteiger charge is -2.18. The maximum Gasteiger partial charge on any atom is 0.310 e. The van der Waals surface area contributed by atoms with Crippen LogP contribution in [0.3, 0.4) is 0 Å². The summed E-state index contributed by atoms with van der Waals surface area (Å²) in [4.78, 5) is 38.0. The molecule has 1 atom stereocenters. The standard InChI is InChI=1S/C61H102O6/c1-4-7-10-13-16-19-22-25-27-28-29-30-31-32-34-36-39-42-45-48-51-54-60(63)66-57-58(56-65-59(62)53-50-47-44-41-38-35-24-21-18-15-12-9-6-3)67-61(64)55-52-49-46-43-40-37-33-26-23-20-17-14-11-8-5-2/h8,11,17,20,22,25-26,28-29,31-33,40,43,49,52,58H,4-7,9-10,12-16,18-19,21,23-24,27,30,34-39,41-42,44-48,50-51,53-57H2,1-3H3/b11-8-,20-17-,25-22-,29-28-,32-31-,33-26-,43-40-,52-49-. The second-order valence-electron chi connectivity index (χ2n) is 18.1. The molecular weight excluding hydrogens is 829 g/mol. The number of esters is 3. The Balaban J connectivity index is 4.48. The van der Waals surface area contributed by atoms with Crippen LogP contribution in [-0.2, 0) is 28.6 Å². The summed E-state index contributed by atoms with van der Waals surface area (Å²) in [6, 6.07) is 0. The Kier molecular flexibility index (Phi) is 51.9. The van der Waals surface area contributed by atoms with Gasteiger partial charge in [-0.05, 0) is 83.5 Å². The van der Waals surface area contributed by atoms with E-state index in [1.54, 1.807) is 6.08 Å². The molecule has 0 aliphatic carbocycles. The van der Waals surface area contributed by atoms with E-state index in [1.807, 2.05) is 6.08 Å². The Bertz CT molecular complexity index is 1350. The minimum absolute atomic E-state index is 0.0932. The number of ether oxygens (including phenoxy) is 3. The van der Waals surface area contributed by atoms with E-state index >= 15 is 0 Å². The van der Waals surface area contributed by atoms with Gasteiger partial charge in [-0.25, -0.2) is 0 Å². The van der Waals surface area contributed by atoms with Crippen molar-refractivity contribution < 1.29 is 28.6 Å². The molecule has 6 heteroatoms. The van der Waals surface area contributed by atoms with Gasteiger partial charge in [0, 0.05) is 12.8 Å². The molecule has 0 amide bonds. The maximum absolute atomic E-state index is 12.8. The molecule has 0 aromatic heterocycles. The number of carbonyl (C=O) groups excluding carboxylic acids is 3. The van der Waals surface area contributed by atoms with Crippen molar-refractivity contribution in [1.82, 2.24) is 0 Å². The Morgan fingerprint density at radius 3 is 0.985 bits per heavy atom. The fraction of sp³-hybridized carbons (Fsp3) is 0.689. The number of hydrogen-bond donors (Lipinski definition) is 0. The lowest BCUT2D eigenvalue weighted by molar-refractivity contribution is -0.166. The van der Waals surface area contributed by atoms with Crippen LogP contribution < -0.4 is 0 Å². The van der Waals surface area contributed by atoms with Crippen molar-refractivity contribution in [3.63, 3.8) is 0 Å². The Hall–Kier alpha value is -3.67.